The number of aryl methyl sites for hydroxylation is 1. The minimum Gasteiger partial charge on any atom is -0.355 e. The summed E-state index contributed by atoms with van der Waals surface area (Å²) in [4.78, 5) is 18.1. The predicted octanol–water partition coefficient (Wildman–Crippen LogP) is -0.346. The lowest BCUT2D eigenvalue weighted by Crippen LogP contribution is -2.43. The monoisotopic (exact) mass is 248 g/mol. The average molecular weight is 248 g/mol. The van der Waals surface area contributed by atoms with Crippen molar-refractivity contribution in [2.75, 3.05) is 18.0 Å². The van der Waals surface area contributed by atoms with Gasteiger partial charge in [0.1, 0.15) is 11.6 Å². The van der Waals surface area contributed by atoms with E-state index in [4.69, 9.17) is 5.73 Å². The summed E-state index contributed by atoms with van der Waals surface area (Å²) in [6.45, 7) is 3.56. The van der Waals surface area contributed by atoms with Crippen molar-refractivity contribution < 1.29 is 0 Å². The summed E-state index contributed by atoms with van der Waals surface area (Å²) in [5, 5.41) is 6.41. The number of aromatic nitrogens is 4. The van der Waals surface area contributed by atoms with Crippen LogP contribution in [0.2, 0.25) is 0 Å². The van der Waals surface area contributed by atoms with Gasteiger partial charge in [-0.15, -0.1) is 0 Å². The highest BCUT2D eigenvalue weighted by Crippen LogP contribution is 2.18. The summed E-state index contributed by atoms with van der Waals surface area (Å²) in [5.74, 6) is 1.48. The van der Waals surface area contributed by atoms with Gasteiger partial charge in [-0.2, -0.15) is 5.10 Å². The molecule has 0 amide bonds. The molecular weight excluding hydrogens is 232 g/mol. The van der Waals surface area contributed by atoms with Gasteiger partial charge in [0, 0.05) is 25.2 Å². The molecule has 2 aromatic rings. The fourth-order valence-corrected chi connectivity index (χ4v) is 2.46. The van der Waals surface area contributed by atoms with Gasteiger partial charge in [-0.1, -0.05) is 0 Å². The van der Waals surface area contributed by atoms with Crippen LogP contribution in [0.25, 0.3) is 5.65 Å². The summed E-state index contributed by atoms with van der Waals surface area (Å²) < 4.78 is 1.47. The molecule has 3 heterocycles. The van der Waals surface area contributed by atoms with Crippen LogP contribution in [0.4, 0.5) is 5.82 Å². The lowest BCUT2D eigenvalue weighted by molar-refractivity contribution is 0.502. The minimum absolute atomic E-state index is 0.193. The highest BCUT2D eigenvalue weighted by molar-refractivity contribution is 5.51. The van der Waals surface area contributed by atoms with E-state index in [9.17, 15) is 4.79 Å². The van der Waals surface area contributed by atoms with E-state index >= 15 is 0 Å². The summed E-state index contributed by atoms with van der Waals surface area (Å²) in [6, 6.07) is 2.02. The van der Waals surface area contributed by atoms with Gasteiger partial charge in [0.2, 0.25) is 0 Å². The van der Waals surface area contributed by atoms with Gasteiger partial charge in [-0.3, -0.25) is 0 Å². The number of H-pyrrole nitrogens is 1. The molecule has 0 aliphatic carbocycles. The van der Waals surface area contributed by atoms with Crippen molar-refractivity contribution in [2.45, 2.75) is 25.8 Å². The zero-order valence-corrected chi connectivity index (χ0v) is 10.3. The topological polar surface area (TPSA) is 92.3 Å². The Hall–Kier alpha value is -1.89. The summed E-state index contributed by atoms with van der Waals surface area (Å²) >= 11 is 0. The molecule has 0 saturated carbocycles. The van der Waals surface area contributed by atoms with Crippen molar-refractivity contribution in [1.82, 2.24) is 19.6 Å². The molecule has 3 rings (SSSR count). The lowest BCUT2D eigenvalue weighted by Gasteiger charge is -2.31. The summed E-state index contributed by atoms with van der Waals surface area (Å²) in [7, 11) is 0. The molecule has 7 heteroatoms. The Balaban J connectivity index is 2.04. The van der Waals surface area contributed by atoms with E-state index in [1.807, 2.05) is 6.07 Å². The molecule has 1 atom stereocenters. The van der Waals surface area contributed by atoms with Crippen LogP contribution in [0.5, 0.6) is 0 Å². The fourth-order valence-electron chi connectivity index (χ4n) is 2.46. The molecule has 1 fully saturated rings. The zero-order chi connectivity index (χ0) is 12.7. The van der Waals surface area contributed by atoms with Crippen molar-refractivity contribution in [3.8, 4) is 0 Å². The fraction of sp³-hybridized carbons (Fsp3) is 0.545. The number of anilines is 1. The van der Waals surface area contributed by atoms with Gasteiger partial charge in [0.05, 0.1) is 0 Å². The number of fused-ring (bicyclic) bond motifs is 1. The van der Waals surface area contributed by atoms with Gasteiger partial charge in [-0.05, 0) is 19.8 Å². The number of hydrogen-bond donors (Lipinski definition) is 2. The molecule has 96 valence electrons. The van der Waals surface area contributed by atoms with Crippen molar-refractivity contribution in [3.05, 3.63) is 22.4 Å². The third kappa shape index (κ3) is 1.76. The standard InChI is InChI=1S/C11H16N6O/c1-7-13-9(16-4-2-3-8(12)6-16)5-10-14-15-11(18)17(7)10/h5,8H,2-4,6,12H2,1H3,(H,15,18). The van der Waals surface area contributed by atoms with Gasteiger partial charge < -0.3 is 10.6 Å². The van der Waals surface area contributed by atoms with E-state index in [-0.39, 0.29) is 11.7 Å². The van der Waals surface area contributed by atoms with E-state index in [0.717, 1.165) is 31.7 Å². The normalized spacial score (nSPS) is 20.6. The van der Waals surface area contributed by atoms with Gasteiger partial charge in [0.25, 0.3) is 0 Å². The second-order valence-corrected chi connectivity index (χ2v) is 4.73. The van der Waals surface area contributed by atoms with E-state index in [0.29, 0.717) is 11.5 Å². The third-order valence-electron chi connectivity index (χ3n) is 3.34. The molecule has 7 nitrogen and oxygen atoms in total. The number of nitrogens with two attached hydrogens (primary N) is 1. The molecule has 1 unspecified atom stereocenters. The van der Waals surface area contributed by atoms with Crippen LogP contribution >= 0.6 is 0 Å². The molecule has 0 radical (unpaired) electrons. The maximum absolute atomic E-state index is 11.5. The van der Waals surface area contributed by atoms with Gasteiger partial charge in [0.15, 0.2) is 5.65 Å². The molecule has 1 aliphatic rings. The molecular formula is C11H16N6O. The zero-order valence-electron chi connectivity index (χ0n) is 10.3. The number of aromatic amines is 1. The summed E-state index contributed by atoms with van der Waals surface area (Å²) in [6.07, 6.45) is 2.13. The average Bonchev–Trinajstić information content (AvgIpc) is 2.71. The number of nitrogens with one attached hydrogen (secondary N) is 1. The smallest absolute Gasteiger partial charge is 0.349 e. The molecule has 1 aliphatic heterocycles. The van der Waals surface area contributed by atoms with Crippen LogP contribution in [-0.2, 0) is 0 Å². The maximum atomic E-state index is 11.5. The number of hydrogen-bond acceptors (Lipinski definition) is 5. The van der Waals surface area contributed by atoms with E-state index in [1.165, 1.54) is 4.40 Å². The Labute approximate surface area is 104 Å². The molecule has 0 spiro atoms. The van der Waals surface area contributed by atoms with Crippen molar-refractivity contribution >= 4 is 11.5 Å². The highest BCUT2D eigenvalue weighted by atomic mass is 16.1. The quantitative estimate of drug-likeness (QED) is 0.720. The molecule has 3 N–H and O–H groups in total. The van der Waals surface area contributed by atoms with E-state index < -0.39 is 0 Å². The Bertz CT molecular complexity index is 630. The van der Waals surface area contributed by atoms with Crippen LogP contribution in [0.3, 0.4) is 0 Å². The SMILES string of the molecule is Cc1nc(N2CCCC(N)C2)cc2n[nH]c(=O)n12. The second kappa shape index (κ2) is 4.09. The summed E-state index contributed by atoms with van der Waals surface area (Å²) in [5.41, 5.74) is 6.32. The van der Waals surface area contributed by atoms with Gasteiger partial charge >= 0.3 is 5.69 Å². The first-order valence-corrected chi connectivity index (χ1v) is 6.10. The Morgan fingerprint density at radius 3 is 3.17 bits per heavy atom. The van der Waals surface area contributed by atoms with Crippen molar-refractivity contribution in [3.63, 3.8) is 0 Å². The van der Waals surface area contributed by atoms with Gasteiger partial charge in [-0.25, -0.2) is 19.3 Å². The molecule has 18 heavy (non-hydrogen) atoms. The first kappa shape index (κ1) is 11.2. The Morgan fingerprint density at radius 1 is 1.56 bits per heavy atom. The van der Waals surface area contributed by atoms with Crippen molar-refractivity contribution in [1.29, 1.82) is 0 Å². The largest absolute Gasteiger partial charge is 0.355 e. The third-order valence-corrected chi connectivity index (χ3v) is 3.34. The number of rotatable bonds is 1. The highest BCUT2D eigenvalue weighted by Gasteiger charge is 2.19. The minimum atomic E-state index is -0.253. The van der Waals surface area contributed by atoms with E-state index in [2.05, 4.69) is 20.1 Å². The Morgan fingerprint density at radius 2 is 2.39 bits per heavy atom. The van der Waals surface area contributed by atoms with E-state index in [1.54, 1.807) is 6.92 Å². The first-order chi connectivity index (χ1) is 8.65. The van der Waals surface area contributed by atoms with Crippen LogP contribution in [0.15, 0.2) is 10.9 Å². The molecule has 2 aromatic heterocycles. The lowest BCUT2D eigenvalue weighted by atomic mass is 10.1. The van der Waals surface area contributed by atoms with Crippen molar-refractivity contribution in [2.24, 2.45) is 5.73 Å². The number of piperidine rings is 1. The second-order valence-electron chi connectivity index (χ2n) is 4.73. The first-order valence-electron chi connectivity index (χ1n) is 6.10. The van der Waals surface area contributed by atoms with Crippen LogP contribution in [0, 0.1) is 6.92 Å². The molecule has 1 saturated heterocycles. The molecule has 0 bridgehead atoms. The maximum Gasteiger partial charge on any atom is 0.349 e. The number of nitrogens with zero attached hydrogens (tertiary/aromatic N) is 4. The van der Waals surface area contributed by atoms with Crippen LogP contribution in [0.1, 0.15) is 18.7 Å². The van der Waals surface area contributed by atoms with Crippen LogP contribution in [-0.4, -0.2) is 38.7 Å². The molecule has 0 aromatic carbocycles. The Kier molecular flexibility index (Phi) is 2.55. The predicted molar refractivity (Wildman–Crippen MR) is 67.8 cm³/mol. The van der Waals surface area contributed by atoms with Crippen LogP contribution < -0.4 is 16.3 Å².